The second-order valence-electron chi connectivity index (χ2n) is 6.07. The number of nitrogens with zero attached hydrogens (tertiary/aromatic N) is 1. The summed E-state index contributed by atoms with van der Waals surface area (Å²) in [4.78, 5) is 13.7. The number of likely N-dealkylation sites (tertiary alicyclic amines) is 1. The summed E-state index contributed by atoms with van der Waals surface area (Å²) in [6.07, 6.45) is 3.71. The minimum absolute atomic E-state index is 0.281. The first-order valence-electron chi connectivity index (χ1n) is 7.52. The quantitative estimate of drug-likeness (QED) is 0.872. The number of anilines is 1. The van der Waals surface area contributed by atoms with Gasteiger partial charge in [0.25, 0.3) is 0 Å². The van der Waals surface area contributed by atoms with Crippen LogP contribution in [-0.2, 0) is 0 Å². The largest absolute Gasteiger partial charge is 0.495 e. The van der Waals surface area contributed by atoms with Gasteiger partial charge in [0.2, 0.25) is 0 Å². The molecule has 3 rings (SSSR count). The zero-order chi connectivity index (χ0) is 15.0. The van der Waals surface area contributed by atoms with Crippen LogP contribution in [0.1, 0.15) is 36.5 Å². The van der Waals surface area contributed by atoms with E-state index in [2.05, 4.69) is 17.1 Å². The SMILES string of the molecule is COc1ccc(C(=O)O)cc1NC1CC(C)N(C2CC2)C1. The third-order valence-corrected chi connectivity index (χ3v) is 4.44. The summed E-state index contributed by atoms with van der Waals surface area (Å²) in [5.74, 6) is -0.224. The highest BCUT2D eigenvalue weighted by molar-refractivity contribution is 5.89. The summed E-state index contributed by atoms with van der Waals surface area (Å²) in [5, 5.41) is 12.6. The Hall–Kier alpha value is -1.75. The van der Waals surface area contributed by atoms with Gasteiger partial charge in [0.1, 0.15) is 5.75 Å². The van der Waals surface area contributed by atoms with Crippen molar-refractivity contribution in [2.45, 2.75) is 44.3 Å². The highest BCUT2D eigenvalue weighted by atomic mass is 16.5. The third kappa shape index (κ3) is 2.97. The number of ether oxygens (including phenoxy) is 1. The van der Waals surface area contributed by atoms with Gasteiger partial charge in [-0.05, 0) is 44.4 Å². The lowest BCUT2D eigenvalue weighted by Crippen LogP contribution is -2.31. The lowest BCUT2D eigenvalue weighted by Gasteiger charge is -2.20. The molecule has 1 aromatic carbocycles. The van der Waals surface area contributed by atoms with Gasteiger partial charge >= 0.3 is 5.97 Å². The maximum absolute atomic E-state index is 11.1. The van der Waals surface area contributed by atoms with Gasteiger partial charge in [-0.3, -0.25) is 4.90 Å². The standard InChI is InChI=1S/C16H22N2O3/c1-10-7-12(9-18(10)13-4-5-13)17-14-8-11(16(19)20)3-6-15(14)21-2/h3,6,8,10,12-13,17H,4-5,7,9H2,1-2H3,(H,19,20). The predicted molar refractivity (Wildman–Crippen MR) is 81.2 cm³/mol. The fourth-order valence-corrected chi connectivity index (χ4v) is 3.25. The molecular weight excluding hydrogens is 268 g/mol. The van der Waals surface area contributed by atoms with Crippen LogP contribution in [0.4, 0.5) is 5.69 Å². The second-order valence-corrected chi connectivity index (χ2v) is 6.07. The smallest absolute Gasteiger partial charge is 0.335 e. The number of hydrogen-bond donors (Lipinski definition) is 2. The second kappa shape index (κ2) is 5.56. The van der Waals surface area contributed by atoms with Gasteiger partial charge in [0.15, 0.2) is 0 Å². The molecule has 2 fully saturated rings. The van der Waals surface area contributed by atoms with Crippen LogP contribution in [0.3, 0.4) is 0 Å². The summed E-state index contributed by atoms with van der Waals surface area (Å²) in [5.41, 5.74) is 1.05. The van der Waals surface area contributed by atoms with Crippen LogP contribution in [-0.4, -0.2) is 47.8 Å². The highest BCUT2D eigenvalue weighted by Crippen LogP contribution is 2.35. The molecule has 2 unspecified atom stereocenters. The van der Waals surface area contributed by atoms with Crippen LogP contribution < -0.4 is 10.1 Å². The molecule has 0 bridgehead atoms. The van der Waals surface area contributed by atoms with Gasteiger partial charge in [-0.2, -0.15) is 0 Å². The Balaban J connectivity index is 1.74. The number of aromatic carboxylic acids is 1. The first-order chi connectivity index (χ1) is 10.1. The average Bonchev–Trinajstić information content (AvgIpc) is 3.23. The molecule has 1 aliphatic heterocycles. The van der Waals surface area contributed by atoms with Crippen molar-refractivity contribution >= 4 is 11.7 Å². The molecule has 0 spiro atoms. The fourth-order valence-electron chi connectivity index (χ4n) is 3.25. The minimum atomic E-state index is -0.917. The molecule has 2 atom stereocenters. The van der Waals surface area contributed by atoms with Crippen LogP contribution in [0, 0.1) is 0 Å². The molecule has 0 aromatic heterocycles. The molecule has 5 nitrogen and oxygen atoms in total. The topological polar surface area (TPSA) is 61.8 Å². The van der Waals surface area contributed by atoms with E-state index in [4.69, 9.17) is 9.84 Å². The number of methoxy groups -OCH3 is 1. The zero-order valence-corrected chi connectivity index (χ0v) is 12.5. The van der Waals surface area contributed by atoms with Gasteiger partial charge in [0, 0.05) is 24.7 Å². The van der Waals surface area contributed by atoms with Crippen LogP contribution in [0.25, 0.3) is 0 Å². The van der Waals surface area contributed by atoms with Crippen LogP contribution in [0.5, 0.6) is 5.75 Å². The van der Waals surface area contributed by atoms with Crippen molar-refractivity contribution in [1.29, 1.82) is 0 Å². The van der Waals surface area contributed by atoms with Gasteiger partial charge in [-0.15, -0.1) is 0 Å². The number of nitrogens with one attached hydrogen (secondary N) is 1. The number of carbonyl (C=O) groups is 1. The van der Waals surface area contributed by atoms with Crippen molar-refractivity contribution in [3.63, 3.8) is 0 Å². The van der Waals surface area contributed by atoms with Crippen molar-refractivity contribution in [3.8, 4) is 5.75 Å². The van der Waals surface area contributed by atoms with Crippen molar-refractivity contribution < 1.29 is 14.6 Å². The van der Waals surface area contributed by atoms with Gasteiger partial charge < -0.3 is 15.2 Å². The maximum Gasteiger partial charge on any atom is 0.335 e. The molecule has 114 valence electrons. The molecule has 0 amide bonds. The molecular formula is C16H22N2O3. The van der Waals surface area contributed by atoms with Crippen molar-refractivity contribution in [3.05, 3.63) is 23.8 Å². The summed E-state index contributed by atoms with van der Waals surface area (Å²) in [7, 11) is 1.61. The predicted octanol–water partition coefficient (Wildman–Crippen LogP) is 2.43. The molecule has 1 heterocycles. The molecule has 1 saturated carbocycles. The van der Waals surface area contributed by atoms with E-state index in [9.17, 15) is 4.79 Å². The fraction of sp³-hybridized carbons (Fsp3) is 0.562. The van der Waals surface area contributed by atoms with Crippen LogP contribution in [0.2, 0.25) is 0 Å². The number of carboxylic acid groups (broad SMARTS) is 1. The Kier molecular flexibility index (Phi) is 3.76. The normalized spacial score (nSPS) is 25.8. The summed E-state index contributed by atoms with van der Waals surface area (Å²) >= 11 is 0. The number of rotatable bonds is 5. The number of carboxylic acids is 1. The highest BCUT2D eigenvalue weighted by Gasteiger charge is 2.38. The Bertz CT molecular complexity index is 542. The summed E-state index contributed by atoms with van der Waals surface area (Å²) in [6, 6.07) is 6.63. The summed E-state index contributed by atoms with van der Waals surface area (Å²) < 4.78 is 5.33. The number of hydrogen-bond acceptors (Lipinski definition) is 4. The van der Waals surface area contributed by atoms with E-state index in [0.29, 0.717) is 17.8 Å². The van der Waals surface area contributed by atoms with E-state index in [0.717, 1.165) is 24.7 Å². The van der Waals surface area contributed by atoms with Gasteiger partial charge in [-0.1, -0.05) is 0 Å². The van der Waals surface area contributed by atoms with Gasteiger partial charge in [0.05, 0.1) is 18.4 Å². The van der Waals surface area contributed by atoms with Gasteiger partial charge in [-0.25, -0.2) is 4.79 Å². The van der Waals surface area contributed by atoms with E-state index < -0.39 is 5.97 Å². The average molecular weight is 290 g/mol. The molecule has 1 aromatic rings. The van der Waals surface area contributed by atoms with Crippen LogP contribution in [0.15, 0.2) is 18.2 Å². The molecule has 1 saturated heterocycles. The Morgan fingerprint density at radius 3 is 2.81 bits per heavy atom. The molecule has 2 N–H and O–H groups in total. The first-order valence-corrected chi connectivity index (χ1v) is 7.52. The zero-order valence-electron chi connectivity index (χ0n) is 12.5. The van der Waals surface area contributed by atoms with Crippen molar-refractivity contribution in [2.75, 3.05) is 19.0 Å². The van der Waals surface area contributed by atoms with E-state index in [1.165, 1.54) is 12.8 Å². The van der Waals surface area contributed by atoms with E-state index in [-0.39, 0.29) is 5.56 Å². The molecule has 0 radical (unpaired) electrons. The Morgan fingerprint density at radius 1 is 1.43 bits per heavy atom. The lowest BCUT2D eigenvalue weighted by atomic mass is 10.1. The third-order valence-electron chi connectivity index (χ3n) is 4.44. The van der Waals surface area contributed by atoms with E-state index in [1.807, 2.05) is 0 Å². The minimum Gasteiger partial charge on any atom is -0.495 e. The number of benzene rings is 1. The van der Waals surface area contributed by atoms with Crippen molar-refractivity contribution in [1.82, 2.24) is 4.90 Å². The Labute approximate surface area is 124 Å². The Morgan fingerprint density at radius 2 is 2.19 bits per heavy atom. The molecule has 5 heteroatoms. The molecule has 2 aliphatic rings. The van der Waals surface area contributed by atoms with Crippen molar-refractivity contribution in [2.24, 2.45) is 0 Å². The summed E-state index contributed by atoms with van der Waals surface area (Å²) in [6.45, 7) is 3.29. The maximum atomic E-state index is 11.1. The van der Waals surface area contributed by atoms with Crippen LogP contribution >= 0.6 is 0 Å². The monoisotopic (exact) mass is 290 g/mol. The molecule has 21 heavy (non-hydrogen) atoms. The first kappa shape index (κ1) is 14.2. The van der Waals surface area contributed by atoms with E-state index in [1.54, 1.807) is 25.3 Å². The van der Waals surface area contributed by atoms with E-state index >= 15 is 0 Å². The lowest BCUT2D eigenvalue weighted by molar-refractivity contribution is 0.0697. The molecule has 1 aliphatic carbocycles.